The second kappa shape index (κ2) is 5.36. The van der Waals surface area contributed by atoms with E-state index in [1.54, 1.807) is 22.6 Å². The molecule has 0 saturated heterocycles. The molecular formula is C11H17BrN2OS. The molecule has 0 amide bonds. The van der Waals surface area contributed by atoms with Gasteiger partial charge in [-0.05, 0) is 22.9 Å². The molecule has 0 aliphatic rings. The average Bonchev–Trinajstić information content (AvgIpc) is 2.55. The fourth-order valence-corrected chi connectivity index (χ4v) is 2.45. The van der Waals surface area contributed by atoms with E-state index < -0.39 is 0 Å². The number of carbonyl (C=O) groups excluding carboxylic acids is 1. The number of Topliss-reactive ketones (excluding diaryl/α,β-unsaturated/α-hetero) is 1. The molecular weight excluding hydrogens is 288 g/mol. The van der Waals surface area contributed by atoms with Gasteiger partial charge in [-0.25, -0.2) is 0 Å². The zero-order valence-corrected chi connectivity index (χ0v) is 12.5. The molecule has 0 saturated carbocycles. The van der Waals surface area contributed by atoms with Gasteiger partial charge in [-0.1, -0.05) is 20.8 Å². The van der Waals surface area contributed by atoms with Crippen LogP contribution < -0.4 is 0 Å². The first-order valence-electron chi connectivity index (χ1n) is 5.23. The number of nitrogens with zero attached hydrogens (tertiary/aromatic N) is 2. The Balaban J connectivity index is 2.76. The SMILES string of the molecule is CCn1ncc(Br)c1C(=O)CSC(C)(C)C. The lowest BCUT2D eigenvalue weighted by Crippen LogP contribution is -2.16. The van der Waals surface area contributed by atoms with Crippen molar-refractivity contribution in [2.24, 2.45) is 0 Å². The van der Waals surface area contributed by atoms with Gasteiger partial charge in [0.25, 0.3) is 0 Å². The number of carbonyl (C=O) groups is 1. The summed E-state index contributed by atoms with van der Waals surface area (Å²) in [4.78, 5) is 12.0. The van der Waals surface area contributed by atoms with Gasteiger partial charge in [0.2, 0.25) is 0 Å². The molecule has 90 valence electrons. The van der Waals surface area contributed by atoms with Crippen molar-refractivity contribution in [1.29, 1.82) is 0 Å². The molecule has 0 fully saturated rings. The van der Waals surface area contributed by atoms with Crippen molar-refractivity contribution in [3.8, 4) is 0 Å². The highest BCUT2D eigenvalue weighted by atomic mass is 79.9. The van der Waals surface area contributed by atoms with E-state index in [-0.39, 0.29) is 10.5 Å². The second-order valence-electron chi connectivity index (χ2n) is 4.48. The molecule has 0 radical (unpaired) electrons. The lowest BCUT2D eigenvalue weighted by Gasteiger charge is -2.16. The third-order valence-electron chi connectivity index (χ3n) is 1.99. The number of rotatable bonds is 4. The highest BCUT2D eigenvalue weighted by molar-refractivity contribution is 9.10. The topological polar surface area (TPSA) is 34.9 Å². The molecule has 16 heavy (non-hydrogen) atoms. The number of hydrogen-bond donors (Lipinski definition) is 0. The minimum atomic E-state index is 0.110. The second-order valence-corrected chi connectivity index (χ2v) is 7.14. The van der Waals surface area contributed by atoms with Crippen molar-refractivity contribution in [2.75, 3.05) is 5.75 Å². The summed E-state index contributed by atoms with van der Waals surface area (Å²) < 4.78 is 2.63. The summed E-state index contributed by atoms with van der Waals surface area (Å²) in [6, 6.07) is 0. The van der Waals surface area contributed by atoms with E-state index in [1.807, 2.05) is 6.92 Å². The van der Waals surface area contributed by atoms with Crippen LogP contribution in [-0.2, 0) is 6.54 Å². The van der Waals surface area contributed by atoms with Crippen LogP contribution in [0.1, 0.15) is 38.2 Å². The standard InChI is InChI=1S/C11H17BrN2OS/c1-5-14-10(8(12)6-13-14)9(15)7-16-11(2,3)4/h6H,5,7H2,1-4H3. The summed E-state index contributed by atoms with van der Waals surface area (Å²) in [6.07, 6.45) is 1.68. The normalized spacial score (nSPS) is 11.8. The van der Waals surface area contributed by atoms with Crippen molar-refractivity contribution in [1.82, 2.24) is 9.78 Å². The number of halogens is 1. The maximum Gasteiger partial charge on any atom is 0.191 e. The lowest BCUT2D eigenvalue weighted by molar-refractivity contribution is 0.101. The van der Waals surface area contributed by atoms with Crippen LogP contribution in [-0.4, -0.2) is 26.1 Å². The molecule has 1 aromatic rings. The fourth-order valence-electron chi connectivity index (χ4n) is 1.23. The maximum atomic E-state index is 12.0. The van der Waals surface area contributed by atoms with Gasteiger partial charge in [0.1, 0.15) is 5.69 Å². The van der Waals surface area contributed by atoms with Gasteiger partial charge < -0.3 is 0 Å². The van der Waals surface area contributed by atoms with Crippen molar-refractivity contribution >= 4 is 33.5 Å². The Kier molecular flexibility index (Phi) is 4.62. The predicted molar refractivity (Wildman–Crippen MR) is 72.1 cm³/mol. The highest BCUT2D eigenvalue weighted by Gasteiger charge is 2.19. The number of aromatic nitrogens is 2. The van der Waals surface area contributed by atoms with Crippen LogP contribution in [0.2, 0.25) is 0 Å². The van der Waals surface area contributed by atoms with Crippen molar-refractivity contribution in [3.63, 3.8) is 0 Å². The van der Waals surface area contributed by atoms with Gasteiger partial charge in [0, 0.05) is 11.3 Å². The van der Waals surface area contributed by atoms with Crippen LogP contribution in [0.15, 0.2) is 10.7 Å². The number of hydrogen-bond acceptors (Lipinski definition) is 3. The Labute approximate surface area is 109 Å². The summed E-state index contributed by atoms with van der Waals surface area (Å²) in [7, 11) is 0. The molecule has 0 aliphatic heterocycles. The smallest absolute Gasteiger partial charge is 0.191 e. The minimum Gasteiger partial charge on any atom is -0.291 e. The zero-order chi connectivity index (χ0) is 12.3. The van der Waals surface area contributed by atoms with E-state index in [0.29, 0.717) is 18.0 Å². The maximum absolute atomic E-state index is 12.0. The van der Waals surface area contributed by atoms with Crippen LogP contribution in [0, 0.1) is 0 Å². The number of ketones is 1. The van der Waals surface area contributed by atoms with E-state index in [4.69, 9.17) is 0 Å². The van der Waals surface area contributed by atoms with Crippen molar-refractivity contribution < 1.29 is 4.79 Å². The number of aryl methyl sites for hydroxylation is 1. The quantitative estimate of drug-likeness (QED) is 0.800. The van der Waals surface area contributed by atoms with E-state index in [0.717, 1.165) is 4.47 Å². The molecule has 1 rings (SSSR count). The first-order valence-corrected chi connectivity index (χ1v) is 7.01. The summed E-state index contributed by atoms with van der Waals surface area (Å²) in [5.41, 5.74) is 0.680. The fraction of sp³-hybridized carbons (Fsp3) is 0.636. The van der Waals surface area contributed by atoms with Gasteiger partial charge >= 0.3 is 0 Å². The van der Waals surface area contributed by atoms with E-state index in [2.05, 4.69) is 41.8 Å². The molecule has 1 aromatic heterocycles. The van der Waals surface area contributed by atoms with Gasteiger partial charge in [-0.2, -0.15) is 5.10 Å². The first kappa shape index (κ1) is 13.8. The molecule has 1 heterocycles. The van der Waals surface area contributed by atoms with E-state index in [1.165, 1.54) is 0 Å². The molecule has 0 atom stereocenters. The predicted octanol–water partition coefficient (Wildman–Crippen LogP) is 3.38. The van der Waals surface area contributed by atoms with Crippen LogP contribution in [0.25, 0.3) is 0 Å². The number of thioether (sulfide) groups is 1. The molecule has 0 unspecified atom stereocenters. The van der Waals surface area contributed by atoms with Gasteiger partial charge in [0.05, 0.1) is 16.4 Å². The van der Waals surface area contributed by atoms with Crippen LogP contribution >= 0.6 is 27.7 Å². The summed E-state index contributed by atoms with van der Waals surface area (Å²) in [5, 5.41) is 4.14. The van der Waals surface area contributed by atoms with Crippen molar-refractivity contribution in [2.45, 2.75) is 39.0 Å². The zero-order valence-electron chi connectivity index (χ0n) is 10.1. The molecule has 0 aliphatic carbocycles. The Hall–Kier alpha value is -0.290. The van der Waals surface area contributed by atoms with Crippen molar-refractivity contribution in [3.05, 3.63) is 16.4 Å². The van der Waals surface area contributed by atoms with E-state index >= 15 is 0 Å². The minimum absolute atomic E-state index is 0.110. The summed E-state index contributed by atoms with van der Waals surface area (Å²) in [6.45, 7) is 9.02. The van der Waals surface area contributed by atoms with Crippen LogP contribution in [0.5, 0.6) is 0 Å². The molecule has 0 aromatic carbocycles. The summed E-state index contributed by atoms with van der Waals surface area (Å²) >= 11 is 5.02. The third-order valence-corrected chi connectivity index (χ3v) is 3.85. The van der Waals surface area contributed by atoms with Gasteiger partial charge in [-0.3, -0.25) is 9.48 Å². The Morgan fingerprint density at radius 2 is 2.19 bits per heavy atom. The van der Waals surface area contributed by atoms with Crippen LogP contribution in [0.4, 0.5) is 0 Å². The lowest BCUT2D eigenvalue weighted by atomic mass is 10.3. The largest absolute Gasteiger partial charge is 0.291 e. The highest BCUT2D eigenvalue weighted by Crippen LogP contribution is 2.25. The third kappa shape index (κ3) is 3.63. The average molecular weight is 305 g/mol. The van der Waals surface area contributed by atoms with E-state index in [9.17, 15) is 4.79 Å². The summed E-state index contributed by atoms with van der Waals surface area (Å²) in [5.74, 6) is 0.625. The Bertz CT molecular complexity index is 382. The molecule has 0 bridgehead atoms. The Morgan fingerprint density at radius 3 is 2.69 bits per heavy atom. The van der Waals surface area contributed by atoms with Crippen LogP contribution in [0.3, 0.4) is 0 Å². The molecule has 3 nitrogen and oxygen atoms in total. The monoisotopic (exact) mass is 304 g/mol. The molecule has 0 spiro atoms. The molecule has 0 N–H and O–H groups in total. The molecule has 5 heteroatoms. The Morgan fingerprint density at radius 1 is 1.56 bits per heavy atom. The van der Waals surface area contributed by atoms with Gasteiger partial charge in [0.15, 0.2) is 5.78 Å². The first-order chi connectivity index (χ1) is 7.35. The van der Waals surface area contributed by atoms with Gasteiger partial charge in [-0.15, -0.1) is 11.8 Å².